The zero-order valence-electron chi connectivity index (χ0n) is 7.95. The fourth-order valence-electron chi connectivity index (χ4n) is 1.33. The molecular formula is C8H17NO2S. The molecule has 12 heavy (non-hydrogen) atoms. The smallest absolute Gasteiger partial charge is 0.128 e. The summed E-state index contributed by atoms with van der Waals surface area (Å²) in [6, 6.07) is 0.279. The van der Waals surface area contributed by atoms with E-state index in [4.69, 9.17) is 4.74 Å². The van der Waals surface area contributed by atoms with Crippen LogP contribution in [0.4, 0.5) is 0 Å². The molecule has 0 amide bonds. The van der Waals surface area contributed by atoms with E-state index in [0.29, 0.717) is 0 Å². The summed E-state index contributed by atoms with van der Waals surface area (Å²) in [5.41, 5.74) is 0. The minimum absolute atomic E-state index is 0.170. The van der Waals surface area contributed by atoms with E-state index in [9.17, 15) is 4.21 Å². The van der Waals surface area contributed by atoms with Crippen molar-refractivity contribution in [3.8, 4) is 0 Å². The van der Waals surface area contributed by atoms with E-state index in [-0.39, 0.29) is 18.1 Å². The van der Waals surface area contributed by atoms with E-state index in [1.807, 2.05) is 25.1 Å². The third kappa shape index (κ3) is 2.00. The van der Waals surface area contributed by atoms with E-state index < -0.39 is 9.71 Å². The molecule has 4 heteroatoms. The zero-order chi connectivity index (χ0) is 9.35. The number of hydrogen-bond acceptors (Lipinski definition) is 2. The monoisotopic (exact) mass is 191 g/mol. The zero-order valence-corrected chi connectivity index (χ0v) is 8.76. The van der Waals surface area contributed by atoms with E-state index >= 15 is 0 Å². The Kier molecular flexibility index (Phi) is 2.81. The maximum absolute atomic E-state index is 11.8. The quantitative estimate of drug-likeness (QED) is 0.571. The lowest BCUT2D eigenvalue weighted by atomic mass is 10.3. The maximum atomic E-state index is 11.8. The molecule has 1 heterocycles. The minimum atomic E-state index is -2.14. The second kappa shape index (κ2) is 3.36. The van der Waals surface area contributed by atoms with Crippen LogP contribution in [0.15, 0.2) is 0 Å². The van der Waals surface area contributed by atoms with Gasteiger partial charge in [-0.2, -0.15) is 0 Å². The Morgan fingerprint density at radius 2 is 2.25 bits per heavy atom. The largest absolute Gasteiger partial charge is 0.363 e. The van der Waals surface area contributed by atoms with Crippen molar-refractivity contribution in [1.29, 1.82) is 0 Å². The first-order chi connectivity index (χ1) is 5.43. The van der Waals surface area contributed by atoms with Crippen molar-refractivity contribution in [3.05, 3.63) is 0 Å². The number of ether oxygens (including phenoxy) is 1. The Balaban J connectivity index is 2.80. The Morgan fingerprint density at radius 3 is 2.67 bits per heavy atom. The Hall–Kier alpha value is -0.0600. The van der Waals surface area contributed by atoms with Gasteiger partial charge in [0.25, 0.3) is 0 Å². The van der Waals surface area contributed by atoms with Gasteiger partial charge in [-0.25, -0.2) is 4.31 Å². The summed E-state index contributed by atoms with van der Waals surface area (Å²) >= 11 is 0. The van der Waals surface area contributed by atoms with Crippen molar-refractivity contribution in [2.24, 2.45) is 0 Å². The molecule has 1 aliphatic rings. The second-order valence-corrected chi connectivity index (χ2v) is 5.81. The van der Waals surface area contributed by atoms with Gasteiger partial charge in [-0.05, 0) is 26.6 Å². The van der Waals surface area contributed by atoms with Crippen molar-refractivity contribution >= 4 is 15.6 Å². The van der Waals surface area contributed by atoms with Gasteiger partial charge >= 0.3 is 0 Å². The first kappa shape index (κ1) is 10.0. The molecule has 1 rings (SSSR count). The van der Waals surface area contributed by atoms with Crippen LogP contribution in [0, 0.1) is 0 Å². The van der Waals surface area contributed by atoms with Crippen LogP contribution in [-0.2, 0) is 14.4 Å². The van der Waals surface area contributed by atoms with E-state index in [1.54, 1.807) is 0 Å². The highest BCUT2D eigenvalue weighted by molar-refractivity contribution is 7.98. The van der Waals surface area contributed by atoms with Gasteiger partial charge in [0.05, 0.1) is 15.8 Å². The number of nitrogens with zero attached hydrogens (tertiary/aromatic N) is 1. The van der Waals surface area contributed by atoms with Crippen LogP contribution in [0.2, 0.25) is 0 Å². The van der Waals surface area contributed by atoms with Gasteiger partial charge in [-0.1, -0.05) is 0 Å². The van der Waals surface area contributed by atoms with Crippen LogP contribution in [0.5, 0.6) is 0 Å². The average molecular weight is 191 g/mol. The normalized spacial score (nSPS) is 38.8. The molecule has 1 aliphatic heterocycles. The lowest BCUT2D eigenvalue weighted by molar-refractivity contribution is 0.0597. The summed E-state index contributed by atoms with van der Waals surface area (Å²) in [4.78, 5) is 0. The van der Waals surface area contributed by atoms with E-state index in [1.165, 1.54) is 0 Å². The molecule has 0 aromatic rings. The van der Waals surface area contributed by atoms with Crippen molar-refractivity contribution in [2.45, 2.75) is 32.9 Å². The fourth-order valence-corrected chi connectivity index (χ4v) is 3.16. The van der Waals surface area contributed by atoms with Crippen molar-refractivity contribution in [3.63, 3.8) is 0 Å². The molecular weight excluding hydrogens is 174 g/mol. The molecule has 1 fully saturated rings. The van der Waals surface area contributed by atoms with Gasteiger partial charge < -0.3 is 4.74 Å². The lowest BCUT2D eigenvalue weighted by Crippen LogP contribution is -2.48. The Labute approximate surface area is 74.8 Å². The van der Waals surface area contributed by atoms with E-state index in [0.717, 1.165) is 6.54 Å². The standard InChI is InChI=1S/C8H17NO2S/c1-7(2)9-5-8(3)11-6-12(9,4)10/h7-8H,4-6H2,1-3H3/t8-,12?/m1/s1. The van der Waals surface area contributed by atoms with Gasteiger partial charge in [0.1, 0.15) is 5.94 Å². The van der Waals surface area contributed by atoms with Crippen LogP contribution in [-0.4, -0.2) is 39.0 Å². The van der Waals surface area contributed by atoms with Crippen LogP contribution < -0.4 is 0 Å². The van der Waals surface area contributed by atoms with Crippen LogP contribution in [0.3, 0.4) is 0 Å². The van der Waals surface area contributed by atoms with Crippen molar-refractivity contribution in [1.82, 2.24) is 4.31 Å². The van der Waals surface area contributed by atoms with Crippen LogP contribution >= 0.6 is 0 Å². The molecule has 0 spiro atoms. The molecule has 72 valence electrons. The van der Waals surface area contributed by atoms with Crippen LogP contribution in [0.25, 0.3) is 0 Å². The fraction of sp³-hybridized carbons (Fsp3) is 0.875. The van der Waals surface area contributed by atoms with Gasteiger partial charge in [-0.3, -0.25) is 4.21 Å². The van der Waals surface area contributed by atoms with Gasteiger partial charge in [-0.15, -0.1) is 0 Å². The Bertz CT molecular complexity index is 246. The molecule has 3 nitrogen and oxygen atoms in total. The van der Waals surface area contributed by atoms with E-state index in [2.05, 4.69) is 5.87 Å². The van der Waals surface area contributed by atoms with Gasteiger partial charge in [0.2, 0.25) is 0 Å². The number of rotatable bonds is 1. The highest BCUT2D eigenvalue weighted by atomic mass is 32.2. The average Bonchev–Trinajstić information content (AvgIpc) is 1.94. The molecule has 1 unspecified atom stereocenters. The SMILES string of the molecule is C=S1(=O)CO[C@H](C)CN1C(C)C. The summed E-state index contributed by atoms with van der Waals surface area (Å²) in [7, 11) is -2.14. The molecule has 2 atom stereocenters. The third-order valence-corrected chi connectivity index (χ3v) is 3.91. The molecule has 0 saturated carbocycles. The molecule has 0 radical (unpaired) electrons. The summed E-state index contributed by atoms with van der Waals surface area (Å²) < 4.78 is 19.0. The van der Waals surface area contributed by atoms with Crippen molar-refractivity contribution in [2.75, 3.05) is 12.5 Å². The predicted molar refractivity (Wildman–Crippen MR) is 52.5 cm³/mol. The molecule has 1 saturated heterocycles. The second-order valence-electron chi connectivity index (χ2n) is 3.56. The van der Waals surface area contributed by atoms with Gasteiger partial charge in [0, 0.05) is 12.6 Å². The third-order valence-electron chi connectivity index (χ3n) is 1.98. The summed E-state index contributed by atoms with van der Waals surface area (Å²) in [6.07, 6.45) is 0.170. The molecule has 0 bridgehead atoms. The summed E-state index contributed by atoms with van der Waals surface area (Å²) in [6.45, 7) is 6.77. The topological polar surface area (TPSA) is 29.5 Å². The molecule has 0 aromatic carbocycles. The Morgan fingerprint density at radius 1 is 1.67 bits per heavy atom. The summed E-state index contributed by atoms with van der Waals surface area (Å²) in [5, 5.41) is 0. The van der Waals surface area contributed by atoms with Crippen molar-refractivity contribution < 1.29 is 8.95 Å². The predicted octanol–water partition coefficient (Wildman–Crippen LogP) is 0.704. The lowest BCUT2D eigenvalue weighted by Gasteiger charge is -2.36. The highest BCUT2D eigenvalue weighted by Gasteiger charge is 2.27. The maximum Gasteiger partial charge on any atom is 0.128 e. The highest BCUT2D eigenvalue weighted by Crippen LogP contribution is 2.15. The molecule has 0 N–H and O–H groups in total. The van der Waals surface area contributed by atoms with Gasteiger partial charge in [0.15, 0.2) is 0 Å². The number of hydrogen-bond donors (Lipinski definition) is 0. The molecule has 0 aromatic heterocycles. The minimum Gasteiger partial charge on any atom is -0.363 e. The first-order valence-corrected chi connectivity index (χ1v) is 6.02. The van der Waals surface area contributed by atoms with Crippen LogP contribution in [0.1, 0.15) is 20.8 Å². The first-order valence-electron chi connectivity index (χ1n) is 4.17. The molecule has 0 aliphatic carbocycles. The summed E-state index contributed by atoms with van der Waals surface area (Å²) in [5.74, 6) is 3.97.